The molecule has 3 rings (SSSR count). The Labute approximate surface area is 169 Å². The molecule has 0 atom stereocenters. The molecule has 2 aliphatic rings. The largest absolute Gasteiger partial charge is 0.504 e. The number of phenols is 2. The summed E-state index contributed by atoms with van der Waals surface area (Å²) in [7, 11) is 0. The van der Waals surface area contributed by atoms with E-state index in [4.69, 9.17) is 4.74 Å². The first-order valence-corrected chi connectivity index (χ1v) is 11.1. The Kier molecular flexibility index (Phi) is 6.90. The Morgan fingerprint density at radius 1 is 0.929 bits per heavy atom. The van der Waals surface area contributed by atoms with E-state index >= 15 is 0 Å². The lowest BCUT2D eigenvalue weighted by Crippen LogP contribution is -2.12. The number of hydrogen-bond donors (Lipinski definition) is 2. The number of carbonyl (C=O) groups excluding carboxylic acids is 1. The summed E-state index contributed by atoms with van der Waals surface area (Å²) < 4.78 is 5.18. The average Bonchev–Trinajstić information content (AvgIpc) is 3.58. The van der Waals surface area contributed by atoms with Crippen LogP contribution in [0, 0.1) is 5.41 Å². The zero-order chi connectivity index (χ0) is 20.0. The summed E-state index contributed by atoms with van der Waals surface area (Å²) in [6, 6.07) is 3.76. The van der Waals surface area contributed by atoms with Crippen molar-refractivity contribution in [1.82, 2.24) is 0 Å². The first kappa shape index (κ1) is 21.0. The fourth-order valence-electron chi connectivity index (χ4n) is 4.21. The molecule has 28 heavy (non-hydrogen) atoms. The van der Waals surface area contributed by atoms with Crippen LogP contribution in [0.25, 0.3) is 0 Å². The lowest BCUT2D eigenvalue weighted by atomic mass is 9.97. The molecule has 1 aromatic carbocycles. The molecule has 0 aromatic heterocycles. The van der Waals surface area contributed by atoms with Gasteiger partial charge in [0.15, 0.2) is 11.5 Å². The third-order valence-electron chi connectivity index (χ3n) is 6.76. The van der Waals surface area contributed by atoms with E-state index in [1.165, 1.54) is 38.5 Å². The number of carbonyl (C=O) groups is 1. The second-order valence-corrected chi connectivity index (χ2v) is 9.45. The Balaban J connectivity index is 1.38. The molecule has 4 heteroatoms. The molecule has 1 aromatic rings. The SMILES string of the molecule is CC1(CCCCCCc2cc(O)c(O)c(CCCCC3(OC=O)CC3)c2)CC1. The number of hydrogen-bond acceptors (Lipinski definition) is 4. The van der Waals surface area contributed by atoms with Crippen LogP contribution in [-0.2, 0) is 22.4 Å². The summed E-state index contributed by atoms with van der Waals surface area (Å²) in [5, 5.41) is 20.3. The molecule has 2 aliphatic carbocycles. The highest BCUT2D eigenvalue weighted by Gasteiger charge is 2.44. The molecule has 0 radical (unpaired) electrons. The number of unbranched alkanes of at least 4 members (excludes halogenated alkanes) is 4. The predicted octanol–water partition coefficient (Wildman–Crippen LogP) is 5.81. The quantitative estimate of drug-likeness (QED) is 0.240. The molecule has 0 unspecified atom stereocenters. The van der Waals surface area contributed by atoms with Gasteiger partial charge in [0, 0.05) is 0 Å². The molecule has 0 aliphatic heterocycles. The minimum Gasteiger partial charge on any atom is -0.504 e. The Morgan fingerprint density at radius 3 is 2.29 bits per heavy atom. The zero-order valence-corrected chi connectivity index (χ0v) is 17.3. The lowest BCUT2D eigenvalue weighted by molar-refractivity contribution is -0.135. The molecule has 2 saturated carbocycles. The number of aryl methyl sites for hydroxylation is 2. The molecule has 2 fully saturated rings. The van der Waals surface area contributed by atoms with Gasteiger partial charge in [-0.05, 0) is 93.2 Å². The minimum atomic E-state index is -0.204. The number of rotatable bonds is 14. The normalized spacial score (nSPS) is 18.6. The number of ether oxygens (including phenoxy) is 1. The maximum Gasteiger partial charge on any atom is 0.293 e. The van der Waals surface area contributed by atoms with E-state index in [9.17, 15) is 15.0 Å². The van der Waals surface area contributed by atoms with Gasteiger partial charge in [-0.25, -0.2) is 0 Å². The van der Waals surface area contributed by atoms with E-state index < -0.39 is 0 Å². The van der Waals surface area contributed by atoms with Gasteiger partial charge in [0.1, 0.15) is 5.60 Å². The van der Waals surface area contributed by atoms with Crippen molar-refractivity contribution in [1.29, 1.82) is 0 Å². The molecule has 0 spiro atoms. The summed E-state index contributed by atoms with van der Waals surface area (Å²) in [5.41, 5.74) is 2.40. The second-order valence-electron chi connectivity index (χ2n) is 9.45. The number of aromatic hydroxyl groups is 2. The number of benzene rings is 1. The minimum absolute atomic E-state index is 0.00268. The third-order valence-corrected chi connectivity index (χ3v) is 6.76. The molecule has 0 heterocycles. The Morgan fingerprint density at radius 2 is 1.61 bits per heavy atom. The van der Waals surface area contributed by atoms with Crippen molar-refractivity contribution in [2.75, 3.05) is 0 Å². The van der Waals surface area contributed by atoms with Gasteiger partial charge in [-0.3, -0.25) is 4.79 Å². The van der Waals surface area contributed by atoms with Crippen LogP contribution in [0.15, 0.2) is 12.1 Å². The van der Waals surface area contributed by atoms with Crippen LogP contribution in [0.4, 0.5) is 0 Å². The van der Waals surface area contributed by atoms with E-state index in [0.29, 0.717) is 11.9 Å². The summed E-state index contributed by atoms with van der Waals surface area (Å²) >= 11 is 0. The lowest BCUT2D eigenvalue weighted by Gasteiger charge is -2.13. The van der Waals surface area contributed by atoms with Crippen LogP contribution >= 0.6 is 0 Å². The van der Waals surface area contributed by atoms with Crippen molar-refractivity contribution >= 4 is 6.47 Å². The van der Waals surface area contributed by atoms with E-state index in [1.54, 1.807) is 6.07 Å². The summed E-state index contributed by atoms with van der Waals surface area (Å²) in [6.07, 6.45) is 15.6. The molecule has 156 valence electrons. The fraction of sp³-hybridized carbons (Fsp3) is 0.708. The van der Waals surface area contributed by atoms with Crippen LogP contribution in [0.5, 0.6) is 11.5 Å². The van der Waals surface area contributed by atoms with E-state index in [1.807, 2.05) is 0 Å². The second kappa shape index (κ2) is 9.19. The molecule has 0 saturated heterocycles. The van der Waals surface area contributed by atoms with Gasteiger partial charge in [0.2, 0.25) is 0 Å². The van der Waals surface area contributed by atoms with Gasteiger partial charge in [-0.15, -0.1) is 0 Å². The van der Waals surface area contributed by atoms with Crippen LogP contribution in [0.2, 0.25) is 0 Å². The van der Waals surface area contributed by atoms with E-state index in [0.717, 1.165) is 62.5 Å². The zero-order valence-electron chi connectivity index (χ0n) is 17.3. The molecule has 0 bridgehead atoms. The summed E-state index contributed by atoms with van der Waals surface area (Å²) in [6.45, 7) is 2.96. The van der Waals surface area contributed by atoms with Gasteiger partial charge in [-0.2, -0.15) is 0 Å². The van der Waals surface area contributed by atoms with Gasteiger partial charge < -0.3 is 14.9 Å². The smallest absolute Gasteiger partial charge is 0.293 e. The third kappa shape index (κ3) is 6.15. The Hall–Kier alpha value is -1.71. The van der Waals surface area contributed by atoms with Gasteiger partial charge in [0.25, 0.3) is 6.47 Å². The summed E-state index contributed by atoms with van der Waals surface area (Å²) in [5.74, 6) is 0.0174. The first-order valence-electron chi connectivity index (χ1n) is 11.1. The van der Waals surface area contributed by atoms with Gasteiger partial charge in [0.05, 0.1) is 0 Å². The highest BCUT2D eigenvalue weighted by molar-refractivity contribution is 5.47. The van der Waals surface area contributed by atoms with Crippen LogP contribution < -0.4 is 0 Å². The monoisotopic (exact) mass is 388 g/mol. The Bertz CT molecular complexity index is 659. The van der Waals surface area contributed by atoms with Crippen LogP contribution in [0.3, 0.4) is 0 Å². The van der Waals surface area contributed by atoms with Crippen molar-refractivity contribution in [3.8, 4) is 11.5 Å². The van der Waals surface area contributed by atoms with Gasteiger partial charge >= 0.3 is 0 Å². The summed E-state index contributed by atoms with van der Waals surface area (Å²) in [4.78, 5) is 10.5. The van der Waals surface area contributed by atoms with Crippen LogP contribution in [-0.4, -0.2) is 22.3 Å². The average molecular weight is 389 g/mol. The van der Waals surface area contributed by atoms with E-state index in [2.05, 4.69) is 13.0 Å². The topological polar surface area (TPSA) is 66.8 Å². The fourth-order valence-corrected chi connectivity index (χ4v) is 4.21. The van der Waals surface area contributed by atoms with Crippen molar-refractivity contribution in [3.63, 3.8) is 0 Å². The number of phenolic OH excluding ortho intramolecular Hbond substituents is 2. The van der Waals surface area contributed by atoms with Crippen LogP contribution in [0.1, 0.15) is 95.1 Å². The molecular formula is C24H36O4. The van der Waals surface area contributed by atoms with Gasteiger partial charge in [-0.1, -0.05) is 32.3 Å². The molecule has 2 N–H and O–H groups in total. The van der Waals surface area contributed by atoms with Crippen molar-refractivity contribution in [3.05, 3.63) is 23.3 Å². The maximum absolute atomic E-state index is 10.5. The van der Waals surface area contributed by atoms with Crippen molar-refractivity contribution in [2.24, 2.45) is 5.41 Å². The predicted molar refractivity (Wildman–Crippen MR) is 111 cm³/mol. The first-order chi connectivity index (χ1) is 13.5. The highest BCUT2D eigenvalue weighted by Crippen LogP contribution is 2.49. The molecule has 4 nitrogen and oxygen atoms in total. The van der Waals surface area contributed by atoms with Crippen molar-refractivity contribution in [2.45, 2.75) is 102 Å². The molecule has 0 amide bonds. The standard InChI is InChI=1S/C24H36O4/c1-23(12-13-23)10-6-3-2-4-8-19-16-20(22(27)21(26)17-19)9-5-7-11-24(14-15-24)28-18-25/h16-18,26-27H,2-15H2,1H3. The molecular weight excluding hydrogens is 352 g/mol. The highest BCUT2D eigenvalue weighted by atomic mass is 16.5. The van der Waals surface area contributed by atoms with E-state index in [-0.39, 0.29) is 17.1 Å². The maximum atomic E-state index is 10.5. The van der Waals surface area contributed by atoms with Crippen molar-refractivity contribution < 1.29 is 19.7 Å².